The maximum absolute atomic E-state index is 12.1. The largest absolute Gasteiger partial charge is 0.394 e. The molecule has 7 nitrogen and oxygen atoms in total. The van der Waals surface area contributed by atoms with Gasteiger partial charge < -0.3 is 15.6 Å². The minimum absolute atomic E-state index is 0.168. The van der Waals surface area contributed by atoms with Gasteiger partial charge in [-0.05, 0) is 13.0 Å². The van der Waals surface area contributed by atoms with Crippen LogP contribution in [0.4, 0.5) is 0 Å². The van der Waals surface area contributed by atoms with Crippen molar-refractivity contribution in [3.63, 3.8) is 0 Å². The van der Waals surface area contributed by atoms with Crippen molar-refractivity contribution in [1.82, 2.24) is 8.61 Å². The Morgan fingerprint density at radius 2 is 2.29 bits per heavy atom. The van der Waals surface area contributed by atoms with Crippen molar-refractivity contribution in [1.29, 1.82) is 0 Å². The molecule has 0 aromatic rings. The number of ether oxygens (including phenoxy) is 1. The summed E-state index contributed by atoms with van der Waals surface area (Å²) in [5.41, 5.74) is 5.35. The minimum Gasteiger partial charge on any atom is -0.394 e. The molecule has 0 spiro atoms. The fourth-order valence-corrected chi connectivity index (χ4v) is 3.05. The zero-order valence-electron chi connectivity index (χ0n) is 10.1. The van der Waals surface area contributed by atoms with Crippen LogP contribution in [0, 0.1) is 0 Å². The average molecular weight is 267 g/mol. The van der Waals surface area contributed by atoms with Crippen molar-refractivity contribution in [3.8, 4) is 0 Å². The third-order valence-corrected chi connectivity index (χ3v) is 4.66. The Morgan fingerprint density at radius 3 is 2.88 bits per heavy atom. The van der Waals surface area contributed by atoms with Crippen LogP contribution in [0.1, 0.15) is 6.42 Å². The molecule has 1 aliphatic rings. The lowest BCUT2D eigenvalue weighted by Crippen LogP contribution is -2.51. The first kappa shape index (κ1) is 14.8. The van der Waals surface area contributed by atoms with Crippen molar-refractivity contribution >= 4 is 10.2 Å². The van der Waals surface area contributed by atoms with Gasteiger partial charge in [0.25, 0.3) is 10.2 Å². The second kappa shape index (κ2) is 6.62. The second-order valence-electron chi connectivity index (χ2n) is 4.00. The molecular formula is C9H21N3O4S. The SMILES string of the molecule is CN(CCCN)S(=O)(=O)N1CCOC(CO)C1. The van der Waals surface area contributed by atoms with Crippen LogP contribution in [-0.4, -0.2) is 74.7 Å². The highest BCUT2D eigenvalue weighted by atomic mass is 32.2. The summed E-state index contributed by atoms with van der Waals surface area (Å²) in [5, 5.41) is 8.98. The van der Waals surface area contributed by atoms with E-state index in [0.29, 0.717) is 32.7 Å². The number of nitrogens with two attached hydrogens (primary N) is 1. The molecule has 0 bridgehead atoms. The Balaban J connectivity index is 2.62. The van der Waals surface area contributed by atoms with Gasteiger partial charge in [0.05, 0.1) is 19.3 Å². The van der Waals surface area contributed by atoms with E-state index in [2.05, 4.69) is 0 Å². The minimum atomic E-state index is -3.46. The smallest absolute Gasteiger partial charge is 0.281 e. The van der Waals surface area contributed by atoms with Crippen molar-refractivity contribution in [2.75, 3.05) is 46.4 Å². The lowest BCUT2D eigenvalue weighted by Gasteiger charge is -2.33. The quantitative estimate of drug-likeness (QED) is 0.592. The molecule has 0 saturated carbocycles. The maximum atomic E-state index is 12.1. The van der Waals surface area contributed by atoms with Crippen LogP contribution in [0.25, 0.3) is 0 Å². The molecule has 1 saturated heterocycles. The first-order valence-electron chi connectivity index (χ1n) is 5.66. The van der Waals surface area contributed by atoms with E-state index in [1.54, 1.807) is 0 Å². The van der Waals surface area contributed by atoms with Gasteiger partial charge in [0.15, 0.2) is 0 Å². The summed E-state index contributed by atoms with van der Waals surface area (Å²) >= 11 is 0. The predicted molar refractivity (Wildman–Crippen MR) is 63.6 cm³/mol. The molecule has 0 aromatic carbocycles. The van der Waals surface area contributed by atoms with E-state index in [-0.39, 0.29) is 13.2 Å². The third-order valence-electron chi connectivity index (χ3n) is 2.70. The molecule has 1 atom stereocenters. The highest BCUT2D eigenvalue weighted by Gasteiger charge is 2.31. The maximum Gasteiger partial charge on any atom is 0.281 e. The number of hydrogen-bond donors (Lipinski definition) is 2. The summed E-state index contributed by atoms with van der Waals surface area (Å²) < 4.78 is 32.1. The summed E-state index contributed by atoms with van der Waals surface area (Å²) in [5.74, 6) is 0. The van der Waals surface area contributed by atoms with Crippen molar-refractivity contribution < 1.29 is 18.3 Å². The molecule has 0 aromatic heterocycles. The van der Waals surface area contributed by atoms with Gasteiger partial charge >= 0.3 is 0 Å². The molecule has 102 valence electrons. The van der Waals surface area contributed by atoms with E-state index in [4.69, 9.17) is 15.6 Å². The summed E-state index contributed by atoms with van der Waals surface area (Å²) in [6.07, 6.45) is 0.199. The highest BCUT2D eigenvalue weighted by Crippen LogP contribution is 2.12. The first-order chi connectivity index (χ1) is 8.02. The van der Waals surface area contributed by atoms with Gasteiger partial charge in [0.2, 0.25) is 0 Å². The van der Waals surface area contributed by atoms with E-state index in [0.717, 1.165) is 0 Å². The fraction of sp³-hybridized carbons (Fsp3) is 1.00. The number of morpholine rings is 1. The van der Waals surface area contributed by atoms with E-state index in [9.17, 15) is 8.42 Å². The van der Waals surface area contributed by atoms with E-state index in [1.807, 2.05) is 0 Å². The molecule has 1 heterocycles. The lowest BCUT2D eigenvalue weighted by molar-refractivity contribution is -0.0316. The summed E-state index contributed by atoms with van der Waals surface area (Å²) in [6, 6.07) is 0. The topological polar surface area (TPSA) is 96.1 Å². The molecule has 1 rings (SSSR count). The third kappa shape index (κ3) is 3.87. The van der Waals surface area contributed by atoms with Gasteiger partial charge in [-0.3, -0.25) is 0 Å². The Labute approximate surface area is 102 Å². The molecule has 0 amide bonds. The summed E-state index contributed by atoms with van der Waals surface area (Å²) in [6.45, 7) is 1.54. The van der Waals surface area contributed by atoms with Gasteiger partial charge in [-0.1, -0.05) is 0 Å². The highest BCUT2D eigenvalue weighted by molar-refractivity contribution is 7.86. The zero-order valence-corrected chi connectivity index (χ0v) is 10.9. The van der Waals surface area contributed by atoms with Gasteiger partial charge in [-0.2, -0.15) is 17.0 Å². The van der Waals surface area contributed by atoms with Gasteiger partial charge in [0.1, 0.15) is 0 Å². The molecule has 8 heteroatoms. The van der Waals surface area contributed by atoms with Crippen molar-refractivity contribution in [2.24, 2.45) is 5.73 Å². The Bertz CT molecular complexity index is 322. The molecule has 1 aliphatic heterocycles. The van der Waals surface area contributed by atoms with Crippen LogP contribution in [0.3, 0.4) is 0 Å². The molecule has 3 N–H and O–H groups in total. The molecule has 0 aliphatic carbocycles. The number of hydrogen-bond acceptors (Lipinski definition) is 5. The van der Waals surface area contributed by atoms with Gasteiger partial charge in [0, 0.05) is 26.7 Å². The Hall–Kier alpha value is -0.250. The van der Waals surface area contributed by atoms with E-state index >= 15 is 0 Å². The van der Waals surface area contributed by atoms with E-state index in [1.165, 1.54) is 15.7 Å². The standard InChI is InChI=1S/C9H21N3O4S/c1-11(4-2-3-10)17(14,15)12-5-6-16-9(7-12)8-13/h9,13H,2-8,10H2,1H3. The molecule has 1 unspecified atom stereocenters. The van der Waals surface area contributed by atoms with Crippen LogP contribution in [0.2, 0.25) is 0 Å². The van der Waals surface area contributed by atoms with Crippen LogP contribution < -0.4 is 5.73 Å². The van der Waals surface area contributed by atoms with Gasteiger partial charge in [-0.15, -0.1) is 0 Å². The van der Waals surface area contributed by atoms with Crippen LogP contribution in [0.5, 0.6) is 0 Å². The van der Waals surface area contributed by atoms with Gasteiger partial charge in [-0.25, -0.2) is 0 Å². The Kier molecular flexibility index (Phi) is 5.77. The summed E-state index contributed by atoms with van der Waals surface area (Å²) in [4.78, 5) is 0. The second-order valence-corrected chi connectivity index (χ2v) is 6.04. The number of rotatable bonds is 6. The van der Waals surface area contributed by atoms with Crippen LogP contribution >= 0.6 is 0 Å². The molecule has 17 heavy (non-hydrogen) atoms. The van der Waals surface area contributed by atoms with Crippen LogP contribution in [0.15, 0.2) is 0 Å². The number of aliphatic hydroxyl groups excluding tert-OH is 1. The normalized spacial score (nSPS) is 23.2. The lowest BCUT2D eigenvalue weighted by atomic mass is 10.3. The molecule has 1 fully saturated rings. The first-order valence-corrected chi connectivity index (χ1v) is 7.06. The molecule has 0 radical (unpaired) electrons. The summed E-state index contributed by atoms with van der Waals surface area (Å²) in [7, 11) is -1.92. The molecular weight excluding hydrogens is 246 g/mol. The van der Waals surface area contributed by atoms with E-state index < -0.39 is 16.3 Å². The monoisotopic (exact) mass is 267 g/mol. The fourth-order valence-electron chi connectivity index (χ4n) is 1.64. The zero-order chi connectivity index (χ0) is 12.9. The Morgan fingerprint density at radius 1 is 1.59 bits per heavy atom. The van der Waals surface area contributed by atoms with Crippen LogP contribution in [-0.2, 0) is 14.9 Å². The van der Waals surface area contributed by atoms with Crippen molar-refractivity contribution in [3.05, 3.63) is 0 Å². The van der Waals surface area contributed by atoms with Crippen molar-refractivity contribution in [2.45, 2.75) is 12.5 Å². The number of aliphatic hydroxyl groups is 1. The average Bonchev–Trinajstić information content (AvgIpc) is 2.35. The number of nitrogens with zero attached hydrogens (tertiary/aromatic N) is 2. The predicted octanol–water partition coefficient (Wildman–Crippen LogP) is -1.80.